The maximum Gasteiger partial charge on any atom is 0.246 e. The number of carbonyl (C=O) groups excluding carboxylic acids is 11. The van der Waals surface area contributed by atoms with Gasteiger partial charge in [-0.3, -0.25) is 52.7 Å². The summed E-state index contributed by atoms with van der Waals surface area (Å²) in [6, 6.07) is -8.71. The summed E-state index contributed by atoms with van der Waals surface area (Å²) in [6.07, 6.45) is 3.80. The van der Waals surface area contributed by atoms with E-state index in [-0.39, 0.29) is 37.5 Å². The van der Waals surface area contributed by atoms with Crippen molar-refractivity contribution < 1.29 is 57.8 Å². The van der Waals surface area contributed by atoms with Crippen molar-refractivity contribution in [3.8, 4) is 0 Å². The van der Waals surface area contributed by atoms with E-state index in [1.807, 2.05) is 27.7 Å². The lowest BCUT2D eigenvalue weighted by Gasteiger charge is -2.41. The molecule has 0 aromatic heterocycles. The molecule has 1 heterocycles. The lowest BCUT2D eigenvalue weighted by Crippen LogP contribution is -2.63. The minimum Gasteiger partial charge on any atom is -0.390 e. The number of rotatable bonds is 14. The summed E-state index contributed by atoms with van der Waals surface area (Å²) in [5, 5.41) is 22.3. The maximum absolute atomic E-state index is 15.0. The van der Waals surface area contributed by atoms with E-state index in [4.69, 9.17) is 5.73 Å². The Hall–Kier alpha value is -6.17. The zero-order valence-corrected chi connectivity index (χ0v) is 49.7. The molecule has 0 radical (unpaired) electrons. The summed E-state index contributed by atoms with van der Waals surface area (Å²) in [4.78, 5) is 162. The Morgan fingerprint density at radius 3 is 1.60 bits per heavy atom. The fraction of sp³-hybridized carbons (Fsp3) is 0.759. The molecule has 24 heteroatoms. The molecule has 1 saturated heterocycles. The summed E-state index contributed by atoms with van der Waals surface area (Å²) in [6.45, 7) is 15.6. The van der Waals surface area contributed by atoms with Gasteiger partial charge in [0.1, 0.15) is 42.3 Å². The molecule has 0 aromatic rings. The van der Waals surface area contributed by atoms with Crippen LogP contribution in [0.5, 0.6) is 0 Å². The number of nitrogens with one attached hydrogen (secondary N) is 4. The zero-order valence-electron chi connectivity index (χ0n) is 49.7. The van der Waals surface area contributed by atoms with Crippen molar-refractivity contribution in [3.05, 3.63) is 12.2 Å². The lowest BCUT2D eigenvalue weighted by atomic mass is 9.91. The predicted molar refractivity (Wildman–Crippen MR) is 295 cm³/mol. The first-order valence-electron chi connectivity index (χ1n) is 27.2. The highest BCUT2D eigenvalue weighted by molar-refractivity contribution is 5.98. The van der Waals surface area contributed by atoms with Crippen molar-refractivity contribution in [1.29, 1.82) is 0 Å². The molecule has 0 bridgehead atoms. The van der Waals surface area contributed by atoms with Crippen LogP contribution in [0, 0.1) is 23.7 Å². The Labute approximate surface area is 463 Å². The van der Waals surface area contributed by atoms with E-state index in [1.54, 1.807) is 46.8 Å². The van der Waals surface area contributed by atoms with Crippen LogP contribution in [0.4, 0.5) is 0 Å². The Kier molecular flexibility index (Phi) is 29.8. The van der Waals surface area contributed by atoms with Crippen LogP contribution in [-0.4, -0.2) is 235 Å². The number of carbonyl (C=O) groups is 11. The van der Waals surface area contributed by atoms with Gasteiger partial charge in [0.25, 0.3) is 0 Å². The molecule has 0 unspecified atom stereocenters. The minimum atomic E-state index is -1.60. The first-order valence-corrected chi connectivity index (χ1v) is 27.2. The first-order chi connectivity index (χ1) is 36.3. The van der Waals surface area contributed by atoms with Crippen molar-refractivity contribution >= 4 is 65.0 Å². The Balaban J connectivity index is 4.04. The van der Waals surface area contributed by atoms with Crippen molar-refractivity contribution in [1.82, 2.24) is 55.6 Å². The summed E-state index contributed by atoms with van der Waals surface area (Å²) < 4.78 is 0. The number of hydrogen-bond acceptors (Lipinski definition) is 13. The topological polar surface area (TPSA) is 305 Å². The Bertz CT molecular complexity index is 2100. The summed E-state index contributed by atoms with van der Waals surface area (Å²) in [5.74, 6) is -9.13. The number of aliphatic hydroxyl groups excluding tert-OH is 1. The lowest BCUT2D eigenvalue weighted by molar-refractivity contribution is -0.157. The molecule has 1 aliphatic rings. The van der Waals surface area contributed by atoms with Crippen molar-refractivity contribution in [3.63, 3.8) is 0 Å². The maximum atomic E-state index is 15.0. The van der Waals surface area contributed by atoms with Crippen molar-refractivity contribution in [2.45, 2.75) is 163 Å². The fourth-order valence-electron chi connectivity index (χ4n) is 9.27. The van der Waals surface area contributed by atoms with Gasteiger partial charge in [0.2, 0.25) is 65.0 Å². The second-order valence-corrected chi connectivity index (χ2v) is 22.1. The van der Waals surface area contributed by atoms with Crippen LogP contribution in [0.1, 0.15) is 114 Å². The van der Waals surface area contributed by atoms with Gasteiger partial charge in [-0.05, 0) is 89.0 Å². The highest BCUT2D eigenvalue weighted by Gasteiger charge is 2.45. The smallest absolute Gasteiger partial charge is 0.246 e. The van der Waals surface area contributed by atoms with Crippen LogP contribution in [0.2, 0.25) is 0 Å². The fourth-order valence-corrected chi connectivity index (χ4v) is 9.27. The second kappa shape index (κ2) is 33.3. The van der Waals surface area contributed by atoms with Gasteiger partial charge in [-0.15, -0.1) is 0 Å². The number of nitrogens with two attached hydrogens (primary N) is 1. The predicted octanol–water partition coefficient (Wildman–Crippen LogP) is -0.476. The molecule has 0 saturated carbocycles. The third kappa shape index (κ3) is 20.9. The van der Waals surface area contributed by atoms with Crippen LogP contribution in [-0.2, 0) is 52.7 Å². The molecular weight excluding hydrogens is 1010 g/mol. The second-order valence-electron chi connectivity index (χ2n) is 22.1. The molecule has 1 rings (SSSR count). The molecule has 0 spiro atoms. The standard InChI is InChI=1S/C54H96N12O12/c1-18-20-23-35(9)47(71)46-48(72)59-37(19-2)50(74)62(13)31-44(70)60(11)30-43(69)58-38(24-21-22-25-55)51(75)61(12)29-42(68)56-28-41(67)57-36(10)49(73)63(14)39(26-32(3)4)52(76)64(15)40(27-33(5)6)53(77)65(16)45(34(7)8)54(78)66(46)17/h18,20,32-40,45-47,71H,19,21-31,55H2,1-17H3,(H,56,68)(H,57,67)(H,58,69)(H,59,72)/b20-18+/t35-,36-,37+,38+,39+,40+,45+,46+,47-/m1/s1. The number of likely N-dealkylation sites (N-methyl/N-ethyl adjacent to an activating group) is 7. The average molecular weight is 1110 g/mol. The van der Waals surface area contributed by atoms with E-state index in [0.717, 1.165) is 19.6 Å². The van der Waals surface area contributed by atoms with Gasteiger partial charge in [0, 0.05) is 49.3 Å². The van der Waals surface area contributed by atoms with Crippen LogP contribution >= 0.6 is 0 Å². The molecule has 78 heavy (non-hydrogen) atoms. The normalized spacial score (nSPS) is 25.1. The molecule has 11 amide bonds. The van der Waals surface area contributed by atoms with Crippen LogP contribution < -0.4 is 27.0 Å². The van der Waals surface area contributed by atoms with E-state index in [1.165, 1.54) is 71.0 Å². The monoisotopic (exact) mass is 1100 g/mol. The molecule has 0 aliphatic carbocycles. The molecule has 0 aromatic carbocycles. The zero-order chi connectivity index (χ0) is 60.0. The van der Waals surface area contributed by atoms with Crippen LogP contribution in [0.25, 0.3) is 0 Å². The first kappa shape index (κ1) is 69.8. The number of amides is 11. The number of aliphatic hydroxyl groups is 1. The van der Waals surface area contributed by atoms with E-state index >= 15 is 0 Å². The van der Waals surface area contributed by atoms with Gasteiger partial charge in [-0.2, -0.15) is 0 Å². The molecule has 24 nitrogen and oxygen atoms in total. The largest absolute Gasteiger partial charge is 0.390 e. The number of hydrogen-bond donors (Lipinski definition) is 6. The highest BCUT2D eigenvalue weighted by atomic mass is 16.3. The van der Waals surface area contributed by atoms with Gasteiger partial charge in [0.05, 0.1) is 32.3 Å². The summed E-state index contributed by atoms with van der Waals surface area (Å²) in [7, 11) is 9.63. The summed E-state index contributed by atoms with van der Waals surface area (Å²) >= 11 is 0. The minimum absolute atomic E-state index is 0.0248. The molecule has 1 fully saturated rings. The Morgan fingerprint density at radius 2 is 1.09 bits per heavy atom. The number of nitrogens with zero attached hydrogens (tertiary/aromatic N) is 7. The average Bonchev–Trinajstić information content (AvgIpc) is 3.37. The highest BCUT2D eigenvalue weighted by Crippen LogP contribution is 2.25. The van der Waals surface area contributed by atoms with Crippen LogP contribution in [0.3, 0.4) is 0 Å². The third-order valence-corrected chi connectivity index (χ3v) is 14.0. The van der Waals surface area contributed by atoms with Gasteiger partial charge < -0.3 is 66.4 Å². The molecule has 1 aliphatic heterocycles. The van der Waals surface area contributed by atoms with Gasteiger partial charge >= 0.3 is 0 Å². The van der Waals surface area contributed by atoms with Crippen molar-refractivity contribution in [2.75, 3.05) is 82.1 Å². The number of unbranched alkanes of at least 4 members (excludes halogenated alkanes) is 1. The molecule has 9 atom stereocenters. The van der Waals surface area contributed by atoms with E-state index in [9.17, 15) is 57.8 Å². The molecular formula is C54H96N12O12. The number of allylic oxidation sites excluding steroid dienone is 2. The third-order valence-electron chi connectivity index (χ3n) is 14.0. The molecule has 444 valence electrons. The van der Waals surface area contributed by atoms with Gasteiger partial charge in [-0.1, -0.05) is 67.5 Å². The summed E-state index contributed by atoms with van der Waals surface area (Å²) in [5.41, 5.74) is 5.69. The molecule has 7 N–H and O–H groups in total. The van der Waals surface area contributed by atoms with E-state index in [2.05, 4.69) is 21.3 Å². The van der Waals surface area contributed by atoms with Crippen molar-refractivity contribution in [2.24, 2.45) is 29.4 Å². The van der Waals surface area contributed by atoms with Gasteiger partial charge in [0.15, 0.2) is 0 Å². The Morgan fingerprint density at radius 1 is 0.590 bits per heavy atom. The quantitative estimate of drug-likeness (QED) is 0.0948. The van der Waals surface area contributed by atoms with E-state index < -0.39 is 151 Å². The van der Waals surface area contributed by atoms with Crippen LogP contribution in [0.15, 0.2) is 12.2 Å². The van der Waals surface area contributed by atoms with Gasteiger partial charge in [-0.25, -0.2) is 0 Å². The SMILES string of the molecule is C/C=C/C[C@@H](C)[C@@H](O)[C@H]1C(=O)N[C@@H](CC)C(=O)N(C)CC(=O)N(C)CC(=O)N[C@@H](CCCCN)C(=O)N(C)CC(=O)NCC(=O)N[C@H](C)C(=O)N(C)[C@@H](CC(C)C)C(=O)N(C)[C@@H](CC(C)C)C(=O)N(C)[C@@H](C(C)C)C(=O)N1C. The van der Waals surface area contributed by atoms with E-state index in [0.29, 0.717) is 25.8 Å².